The van der Waals surface area contributed by atoms with Crippen molar-refractivity contribution in [1.82, 2.24) is 0 Å². The van der Waals surface area contributed by atoms with Crippen molar-refractivity contribution in [1.29, 1.82) is 0 Å². The number of pyridine rings is 1. The van der Waals surface area contributed by atoms with Gasteiger partial charge in [0.2, 0.25) is 0 Å². The van der Waals surface area contributed by atoms with Gasteiger partial charge in [-0.3, -0.25) is 0 Å². The SMILES string of the molecule is C[n+]1ccc(S(=O)(=O)[O-])cc1S(=O)(=O)[O-]. The van der Waals surface area contributed by atoms with Crippen molar-refractivity contribution in [3.63, 3.8) is 0 Å². The summed E-state index contributed by atoms with van der Waals surface area (Å²) in [5, 5.41) is -0.778. The van der Waals surface area contributed by atoms with E-state index in [2.05, 4.69) is 0 Å². The van der Waals surface area contributed by atoms with Crippen LogP contribution in [-0.2, 0) is 27.3 Å². The maximum atomic E-state index is 10.7. The summed E-state index contributed by atoms with van der Waals surface area (Å²) in [5.74, 6) is 0. The Morgan fingerprint density at radius 3 is 2.07 bits per heavy atom. The van der Waals surface area contributed by atoms with Crippen LogP contribution >= 0.6 is 0 Å². The molecule has 7 nitrogen and oxygen atoms in total. The highest BCUT2D eigenvalue weighted by Gasteiger charge is 2.16. The quantitative estimate of drug-likeness (QED) is 0.458. The summed E-state index contributed by atoms with van der Waals surface area (Å²) in [7, 11) is -8.33. The van der Waals surface area contributed by atoms with Crippen LogP contribution in [0.1, 0.15) is 0 Å². The normalized spacial score (nSPS) is 12.7. The molecule has 1 rings (SSSR count). The molecule has 0 aliphatic rings. The van der Waals surface area contributed by atoms with Crippen LogP contribution < -0.4 is 4.57 Å². The van der Waals surface area contributed by atoms with Gasteiger partial charge < -0.3 is 9.11 Å². The van der Waals surface area contributed by atoms with Gasteiger partial charge in [-0.05, 0) is 0 Å². The molecule has 0 atom stereocenters. The van der Waals surface area contributed by atoms with E-state index in [1.54, 1.807) is 0 Å². The minimum absolute atomic E-state index is 0.532. The summed E-state index contributed by atoms with van der Waals surface area (Å²) in [6.45, 7) is 0. The van der Waals surface area contributed by atoms with Crippen LogP contribution in [0, 0.1) is 0 Å². The molecule has 0 aliphatic heterocycles. The first-order valence-electron chi connectivity index (χ1n) is 3.54. The van der Waals surface area contributed by atoms with Crippen LogP contribution in [0.15, 0.2) is 28.3 Å². The Labute approximate surface area is 86.5 Å². The maximum absolute atomic E-state index is 10.7. The second-order valence-electron chi connectivity index (χ2n) is 2.72. The predicted octanol–water partition coefficient (Wildman–Crippen LogP) is -1.68. The number of aryl methyl sites for hydroxylation is 1. The van der Waals surface area contributed by atoms with Crippen molar-refractivity contribution < 1.29 is 30.5 Å². The van der Waals surface area contributed by atoms with E-state index in [9.17, 15) is 25.9 Å². The first kappa shape index (κ1) is 12.0. The van der Waals surface area contributed by atoms with Crippen molar-refractivity contribution in [2.24, 2.45) is 7.05 Å². The molecule has 0 saturated carbocycles. The van der Waals surface area contributed by atoms with Gasteiger partial charge in [-0.15, -0.1) is 0 Å². The van der Waals surface area contributed by atoms with E-state index in [4.69, 9.17) is 0 Å². The summed E-state index contributed by atoms with van der Waals surface area (Å²) in [5.41, 5.74) is 0. The van der Waals surface area contributed by atoms with Crippen LogP contribution in [-0.4, -0.2) is 25.9 Å². The van der Waals surface area contributed by atoms with Gasteiger partial charge in [-0.25, -0.2) is 16.8 Å². The Bertz CT molecular complexity index is 588. The lowest BCUT2D eigenvalue weighted by Gasteiger charge is -2.09. The molecule has 0 spiro atoms. The van der Waals surface area contributed by atoms with E-state index in [0.717, 1.165) is 16.8 Å². The smallest absolute Gasteiger partial charge is 0.286 e. The van der Waals surface area contributed by atoms with E-state index in [0.29, 0.717) is 6.07 Å². The van der Waals surface area contributed by atoms with Crippen molar-refractivity contribution in [3.05, 3.63) is 18.3 Å². The molecule has 0 aromatic carbocycles. The van der Waals surface area contributed by atoms with Crippen LogP contribution in [0.3, 0.4) is 0 Å². The molecule has 0 unspecified atom stereocenters. The van der Waals surface area contributed by atoms with Gasteiger partial charge in [0.05, 0.1) is 4.90 Å². The fraction of sp³-hybridized carbons (Fsp3) is 0.167. The average Bonchev–Trinajstić information content (AvgIpc) is 2.00. The van der Waals surface area contributed by atoms with Crippen molar-refractivity contribution in [2.75, 3.05) is 0 Å². The zero-order valence-electron chi connectivity index (χ0n) is 7.45. The number of hydrogen-bond acceptors (Lipinski definition) is 6. The van der Waals surface area contributed by atoms with Crippen LogP contribution in [0.25, 0.3) is 0 Å². The van der Waals surface area contributed by atoms with Gasteiger partial charge >= 0.3 is 0 Å². The minimum Gasteiger partial charge on any atom is -0.744 e. The molecule has 1 aromatic heterocycles. The lowest BCUT2D eigenvalue weighted by molar-refractivity contribution is -0.710. The molecular formula is C6H6NO6S2-. The highest BCUT2D eigenvalue weighted by molar-refractivity contribution is 7.86. The van der Waals surface area contributed by atoms with Gasteiger partial charge in [0.25, 0.3) is 5.03 Å². The Hall–Kier alpha value is -1.03. The topological polar surface area (TPSA) is 118 Å². The molecule has 9 heteroatoms. The van der Waals surface area contributed by atoms with Crippen molar-refractivity contribution >= 4 is 20.2 Å². The molecule has 0 saturated heterocycles. The Balaban J connectivity index is 3.57. The molecule has 0 radical (unpaired) electrons. The van der Waals surface area contributed by atoms with Gasteiger partial charge in [-0.2, -0.15) is 4.57 Å². The first-order chi connectivity index (χ1) is 6.62. The largest absolute Gasteiger partial charge is 0.744 e. The summed E-state index contributed by atoms with van der Waals surface area (Å²) in [6, 6.07) is 1.45. The lowest BCUT2D eigenvalue weighted by atomic mass is 10.5. The zero-order chi connectivity index (χ0) is 11.9. The standard InChI is InChI=1S/C6H7NO6S2/c1-7-3-2-5(14(8,9)10)4-6(7)15(11,12)13/h2-4H,1H3,(H-,8,9,10,11,12,13)/p-1. The van der Waals surface area contributed by atoms with Crippen LogP contribution in [0.5, 0.6) is 0 Å². The molecule has 84 valence electrons. The number of rotatable bonds is 2. The van der Waals surface area contributed by atoms with Crippen molar-refractivity contribution in [3.8, 4) is 0 Å². The third-order valence-electron chi connectivity index (χ3n) is 1.62. The molecule has 0 fully saturated rings. The molecule has 0 bridgehead atoms. The Kier molecular flexibility index (Phi) is 2.83. The number of hydrogen-bond donors (Lipinski definition) is 0. The highest BCUT2D eigenvalue weighted by atomic mass is 32.2. The summed E-state index contributed by atoms with van der Waals surface area (Å²) < 4.78 is 64.6. The van der Waals surface area contributed by atoms with E-state index in [1.807, 2.05) is 0 Å². The summed E-state index contributed by atoms with van der Waals surface area (Å²) >= 11 is 0. The third kappa shape index (κ3) is 2.72. The molecule has 1 aromatic rings. The van der Waals surface area contributed by atoms with Crippen LogP contribution in [0.2, 0.25) is 0 Å². The van der Waals surface area contributed by atoms with E-state index in [1.165, 1.54) is 7.05 Å². The Morgan fingerprint density at radius 1 is 1.13 bits per heavy atom. The minimum atomic E-state index is -4.81. The molecule has 1 heterocycles. The second-order valence-corrected chi connectivity index (χ2v) is 5.43. The molecule has 0 aliphatic carbocycles. The molecule has 0 amide bonds. The molecular weight excluding hydrogens is 246 g/mol. The Morgan fingerprint density at radius 2 is 1.67 bits per heavy atom. The number of nitrogens with zero attached hydrogens (tertiary/aromatic N) is 1. The molecule has 15 heavy (non-hydrogen) atoms. The average molecular weight is 252 g/mol. The van der Waals surface area contributed by atoms with E-state index in [-0.39, 0.29) is 0 Å². The lowest BCUT2D eigenvalue weighted by Crippen LogP contribution is -2.35. The maximum Gasteiger partial charge on any atom is 0.286 e. The van der Waals surface area contributed by atoms with E-state index < -0.39 is 30.2 Å². The highest BCUT2D eigenvalue weighted by Crippen LogP contribution is 2.10. The second kappa shape index (κ2) is 3.52. The van der Waals surface area contributed by atoms with Gasteiger partial charge in [0.15, 0.2) is 16.3 Å². The molecule has 0 N–H and O–H groups in total. The third-order valence-corrected chi connectivity index (χ3v) is 3.37. The zero-order valence-corrected chi connectivity index (χ0v) is 9.08. The fourth-order valence-corrected chi connectivity index (χ4v) is 2.18. The van der Waals surface area contributed by atoms with Gasteiger partial charge in [0, 0.05) is 12.1 Å². The van der Waals surface area contributed by atoms with Gasteiger partial charge in [-0.1, -0.05) is 0 Å². The fourth-order valence-electron chi connectivity index (χ4n) is 0.934. The predicted molar refractivity (Wildman–Crippen MR) is 43.5 cm³/mol. The first-order valence-corrected chi connectivity index (χ1v) is 6.35. The van der Waals surface area contributed by atoms with E-state index >= 15 is 0 Å². The summed E-state index contributed by atoms with van der Waals surface area (Å²) in [6.07, 6.45) is 1.01. The summed E-state index contributed by atoms with van der Waals surface area (Å²) in [4.78, 5) is -0.755. The monoisotopic (exact) mass is 252 g/mol. The number of aromatic nitrogens is 1. The van der Waals surface area contributed by atoms with Crippen molar-refractivity contribution in [2.45, 2.75) is 9.92 Å². The van der Waals surface area contributed by atoms with Gasteiger partial charge in [0.1, 0.15) is 17.2 Å². The van der Waals surface area contributed by atoms with Crippen LogP contribution in [0.4, 0.5) is 0 Å².